The van der Waals surface area contributed by atoms with E-state index in [1.54, 1.807) is 12.3 Å². The van der Waals surface area contributed by atoms with Gasteiger partial charge in [-0.25, -0.2) is 0 Å². The predicted molar refractivity (Wildman–Crippen MR) is 61.5 cm³/mol. The van der Waals surface area contributed by atoms with E-state index in [4.69, 9.17) is 10.5 Å². The first-order valence-electron chi connectivity index (χ1n) is 4.90. The lowest BCUT2D eigenvalue weighted by molar-refractivity contribution is 0.0668. The third-order valence-corrected chi connectivity index (χ3v) is 2.91. The van der Waals surface area contributed by atoms with E-state index < -0.39 is 0 Å². The average molecular weight is 273 g/mol. The van der Waals surface area contributed by atoms with Crippen LogP contribution >= 0.6 is 15.9 Å². The van der Waals surface area contributed by atoms with Crippen molar-refractivity contribution >= 4 is 21.6 Å². The van der Waals surface area contributed by atoms with Crippen LogP contribution in [0.15, 0.2) is 21.5 Å². The number of nitrogens with zero attached hydrogens (tertiary/aromatic N) is 1. The number of ether oxygens (including phenoxy) is 1. The summed E-state index contributed by atoms with van der Waals surface area (Å²) in [4.78, 5) is 11.6. The van der Waals surface area contributed by atoms with Crippen LogP contribution in [0.25, 0.3) is 0 Å². The SMILES string of the molecule is Nc1cc(Br)c(=O)n(COCC2CC2)c1. The highest BCUT2D eigenvalue weighted by Gasteiger charge is 2.21. The largest absolute Gasteiger partial charge is 0.398 e. The zero-order valence-corrected chi connectivity index (χ0v) is 9.87. The van der Waals surface area contributed by atoms with Gasteiger partial charge in [0, 0.05) is 11.9 Å². The molecule has 4 nitrogen and oxygen atoms in total. The molecule has 82 valence electrons. The summed E-state index contributed by atoms with van der Waals surface area (Å²) in [6, 6.07) is 1.60. The van der Waals surface area contributed by atoms with E-state index in [0.29, 0.717) is 16.1 Å². The van der Waals surface area contributed by atoms with Gasteiger partial charge in [0.25, 0.3) is 5.56 Å². The van der Waals surface area contributed by atoms with Gasteiger partial charge in [-0.15, -0.1) is 0 Å². The number of rotatable bonds is 4. The van der Waals surface area contributed by atoms with Gasteiger partial charge in [0.2, 0.25) is 0 Å². The fourth-order valence-corrected chi connectivity index (χ4v) is 1.81. The molecule has 0 amide bonds. The lowest BCUT2D eigenvalue weighted by Crippen LogP contribution is -2.22. The van der Waals surface area contributed by atoms with Crippen LogP contribution < -0.4 is 11.3 Å². The van der Waals surface area contributed by atoms with Gasteiger partial charge in [0.1, 0.15) is 6.73 Å². The predicted octanol–water partition coefficient (Wildman–Crippen LogP) is 1.58. The molecule has 0 atom stereocenters. The third kappa shape index (κ3) is 2.82. The monoisotopic (exact) mass is 272 g/mol. The minimum Gasteiger partial charge on any atom is -0.398 e. The quantitative estimate of drug-likeness (QED) is 0.906. The zero-order chi connectivity index (χ0) is 10.8. The summed E-state index contributed by atoms with van der Waals surface area (Å²) in [5, 5.41) is 0. The van der Waals surface area contributed by atoms with E-state index in [-0.39, 0.29) is 12.3 Å². The number of pyridine rings is 1. The molecular weight excluding hydrogens is 260 g/mol. The van der Waals surface area contributed by atoms with Gasteiger partial charge in [0.15, 0.2) is 0 Å². The molecule has 1 fully saturated rings. The van der Waals surface area contributed by atoms with E-state index in [0.717, 1.165) is 6.61 Å². The van der Waals surface area contributed by atoms with Crippen molar-refractivity contribution in [3.63, 3.8) is 0 Å². The van der Waals surface area contributed by atoms with Crippen molar-refractivity contribution in [3.05, 3.63) is 27.1 Å². The smallest absolute Gasteiger partial charge is 0.266 e. The van der Waals surface area contributed by atoms with Gasteiger partial charge in [-0.05, 0) is 40.8 Å². The Kier molecular flexibility index (Phi) is 3.11. The molecule has 15 heavy (non-hydrogen) atoms. The van der Waals surface area contributed by atoms with Crippen LogP contribution in [0.3, 0.4) is 0 Å². The molecule has 0 spiro atoms. The molecule has 0 unspecified atom stereocenters. The molecule has 0 aromatic carbocycles. The topological polar surface area (TPSA) is 57.2 Å². The Balaban J connectivity index is 2.02. The van der Waals surface area contributed by atoms with Crippen LogP contribution in [0.1, 0.15) is 12.8 Å². The Morgan fingerprint density at radius 3 is 3.00 bits per heavy atom. The second-order valence-corrected chi connectivity index (χ2v) is 4.69. The Morgan fingerprint density at radius 1 is 1.60 bits per heavy atom. The molecule has 5 heteroatoms. The second kappa shape index (κ2) is 4.37. The molecule has 1 aromatic rings. The molecule has 1 saturated carbocycles. The fourth-order valence-electron chi connectivity index (χ4n) is 1.32. The number of nitrogen functional groups attached to an aromatic ring is 1. The molecule has 2 N–H and O–H groups in total. The van der Waals surface area contributed by atoms with Gasteiger partial charge in [-0.1, -0.05) is 0 Å². The summed E-state index contributed by atoms with van der Waals surface area (Å²) in [5.74, 6) is 0.699. The van der Waals surface area contributed by atoms with Crippen molar-refractivity contribution in [1.82, 2.24) is 4.57 Å². The number of hydrogen-bond acceptors (Lipinski definition) is 3. The summed E-state index contributed by atoms with van der Waals surface area (Å²) in [5.41, 5.74) is 6.07. The molecule has 1 aliphatic rings. The molecule has 1 aliphatic carbocycles. The number of aromatic nitrogens is 1. The number of anilines is 1. The summed E-state index contributed by atoms with van der Waals surface area (Å²) in [7, 11) is 0. The van der Waals surface area contributed by atoms with Gasteiger partial charge in [0.05, 0.1) is 11.1 Å². The van der Waals surface area contributed by atoms with Gasteiger partial charge in [-0.3, -0.25) is 9.36 Å². The van der Waals surface area contributed by atoms with Crippen LogP contribution in [0.2, 0.25) is 0 Å². The van der Waals surface area contributed by atoms with Gasteiger partial charge in [-0.2, -0.15) is 0 Å². The molecule has 1 aromatic heterocycles. The number of hydrogen-bond donors (Lipinski definition) is 1. The van der Waals surface area contributed by atoms with E-state index in [1.807, 2.05) is 0 Å². The molecule has 0 saturated heterocycles. The van der Waals surface area contributed by atoms with Gasteiger partial charge >= 0.3 is 0 Å². The first kappa shape index (κ1) is 10.7. The normalized spacial score (nSPS) is 15.5. The highest BCUT2D eigenvalue weighted by molar-refractivity contribution is 9.10. The average Bonchev–Trinajstić information content (AvgIpc) is 2.97. The summed E-state index contributed by atoms with van der Waals surface area (Å²) >= 11 is 3.16. The van der Waals surface area contributed by atoms with Crippen LogP contribution in [-0.2, 0) is 11.5 Å². The van der Waals surface area contributed by atoms with Crippen molar-refractivity contribution in [1.29, 1.82) is 0 Å². The summed E-state index contributed by atoms with van der Waals surface area (Å²) in [6.45, 7) is 1.01. The lowest BCUT2D eigenvalue weighted by Gasteiger charge is -2.08. The maximum atomic E-state index is 11.6. The lowest BCUT2D eigenvalue weighted by atomic mass is 10.4. The van der Waals surface area contributed by atoms with Crippen molar-refractivity contribution in [3.8, 4) is 0 Å². The standard InChI is InChI=1S/C10H13BrN2O2/c11-9-3-8(12)4-13(10(9)14)6-15-5-7-1-2-7/h3-4,7H,1-2,5-6,12H2. The minimum absolute atomic E-state index is 0.111. The van der Waals surface area contributed by atoms with Crippen LogP contribution in [0.5, 0.6) is 0 Å². The summed E-state index contributed by atoms with van der Waals surface area (Å²) in [6.07, 6.45) is 4.09. The first-order chi connectivity index (χ1) is 7.16. The summed E-state index contributed by atoms with van der Waals surface area (Å²) < 4.78 is 7.36. The Labute approximate surface area is 96.2 Å². The van der Waals surface area contributed by atoms with Crippen LogP contribution in [0.4, 0.5) is 5.69 Å². The molecular formula is C10H13BrN2O2. The van der Waals surface area contributed by atoms with E-state index in [1.165, 1.54) is 17.4 Å². The highest BCUT2D eigenvalue weighted by Crippen LogP contribution is 2.28. The van der Waals surface area contributed by atoms with Crippen molar-refractivity contribution < 1.29 is 4.74 Å². The number of nitrogens with two attached hydrogens (primary N) is 1. The van der Waals surface area contributed by atoms with Gasteiger partial charge < -0.3 is 10.5 Å². The first-order valence-corrected chi connectivity index (χ1v) is 5.69. The van der Waals surface area contributed by atoms with Crippen molar-refractivity contribution in [2.75, 3.05) is 12.3 Å². The molecule has 0 bridgehead atoms. The van der Waals surface area contributed by atoms with Crippen molar-refractivity contribution in [2.24, 2.45) is 5.92 Å². The van der Waals surface area contributed by atoms with Crippen LogP contribution in [0, 0.1) is 5.92 Å². The maximum absolute atomic E-state index is 11.6. The minimum atomic E-state index is -0.111. The Bertz CT molecular complexity index is 412. The molecule has 2 rings (SSSR count). The molecule has 0 aliphatic heterocycles. The zero-order valence-electron chi connectivity index (χ0n) is 8.28. The number of halogens is 1. The maximum Gasteiger partial charge on any atom is 0.266 e. The third-order valence-electron chi connectivity index (χ3n) is 2.34. The Morgan fingerprint density at radius 2 is 2.33 bits per heavy atom. The Hall–Kier alpha value is -0.810. The fraction of sp³-hybridized carbons (Fsp3) is 0.500. The second-order valence-electron chi connectivity index (χ2n) is 3.84. The van der Waals surface area contributed by atoms with E-state index in [9.17, 15) is 4.79 Å². The van der Waals surface area contributed by atoms with E-state index >= 15 is 0 Å². The highest BCUT2D eigenvalue weighted by atomic mass is 79.9. The van der Waals surface area contributed by atoms with Crippen molar-refractivity contribution in [2.45, 2.75) is 19.6 Å². The van der Waals surface area contributed by atoms with E-state index in [2.05, 4.69) is 15.9 Å². The molecule has 1 heterocycles. The molecule has 0 radical (unpaired) electrons. The van der Waals surface area contributed by atoms with Crippen LogP contribution in [-0.4, -0.2) is 11.2 Å².